The Morgan fingerprint density at radius 1 is 1.11 bits per heavy atom. The molecule has 1 aliphatic heterocycles. The Labute approximate surface area is 103 Å². The maximum absolute atomic E-state index is 12.1. The second kappa shape index (κ2) is 3.63. The number of hydrogen-bond acceptors (Lipinski definition) is 4. The molecule has 6 heteroatoms. The Morgan fingerprint density at radius 2 is 1.67 bits per heavy atom. The van der Waals surface area contributed by atoms with Gasteiger partial charge in [-0.1, -0.05) is 0 Å². The lowest BCUT2D eigenvalue weighted by molar-refractivity contribution is -0.384. The summed E-state index contributed by atoms with van der Waals surface area (Å²) in [4.78, 5) is 35.4. The molecule has 0 fully saturated rings. The van der Waals surface area contributed by atoms with E-state index in [0.29, 0.717) is 0 Å². The van der Waals surface area contributed by atoms with Gasteiger partial charge in [-0.15, -0.1) is 0 Å². The van der Waals surface area contributed by atoms with Gasteiger partial charge in [0.25, 0.3) is 17.5 Å². The second-order valence-electron chi connectivity index (χ2n) is 5.10. The molecule has 0 radical (unpaired) electrons. The van der Waals surface area contributed by atoms with Gasteiger partial charge in [-0.25, -0.2) is 0 Å². The largest absolute Gasteiger partial charge is 0.270 e. The zero-order valence-electron chi connectivity index (χ0n) is 10.3. The predicted molar refractivity (Wildman–Crippen MR) is 63.3 cm³/mol. The van der Waals surface area contributed by atoms with Gasteiger partial charge >= 0.3 is 0 Å². The molecule has 0 bridgehead atoms. The fourth-order valence-electron chi connectivity index (χ4n) is 1.95. The zero-order chi connectivity index (χ0) is 13.7. The Hall–Kier alpha value is -2.24. The maximum Gasteiger partial charge on any atom is 0.270 e. The summed E-state index contributed by atoms with van der Waals surface area (Å²) >= 11 is 0. The lowest BCUT2D eigenvalue weighted by Crippen LogP contribution is -2.45. The third-order valence-electron chi connectivity index (χ3n) is 2.75. The first-order valence-electron chi connectivity index (χ1n) is 5.41. The second-order valence-corrected chi connectivity index (χ2v) is 5.10. The minimum absolute atomic E-state index is 0.101. The Morgan fingerprint density at radius 3 is 2.17 bits per heavy atom. The predicted octanol–water partition coefficient (Wildman–Crippen LogP) is 1.99. The van der Waals surface area contributed by atoms with E-state index < -0.39 is 22.3 Å². The summed E-state index contributed by atoms with van der Waals surface area (Å²) in [5.41, 5.74) is -0.516. The third kappa shape index (κ3) is 1.66. The van der Waals surface area contributed by atoms with Gasteiger partial charge in [-0.3, -0.25) is 24.6 Å². The minimum Gasteiger partial charge on any atom is -0.269 e. The summed E-state index contributed by atoms with van der Waals surface area (Å²) in [5, 5.41) is 10.7. The van der Waals surface area contributed by atoms with Crippen molar-refractivity contribution in [1.29, 1.82) is 0 Å². The van der Waals surface area contributed by atoms with Crippen LogP contribution >= 0.6 is 0 Å². The van der Waals surface area contributed by atoms with E-state index in [2.05, 4.69) is 0 Å². The van der Waals surface area contributed by atoms with Crippen molar-refractivity contribution in [2.45, 2.75) is 26.3 Å². The molecule has 1 aromatic carbocycles. The van der Waals surface area contributed by atoms with Gasteiger partial charge < -0.3 is 0 Å². The molecule has 1 aromatic rings. The molecule has 0 aromatic heterocycles. The summed E-state index contributed by atoms with van der Waals surface area (Å²) in [6.45, 7) is 5.22. The van der Waals surface area contributed by atoms with Crippen molar-refractivity contribution in [3.8, 4) is 0 Å². The fraction of sp³-hybridized carbons (Fsp3) is 0.333. The normalized spacial score (nSPS) is 14.9. The first-order valence-corrected chi connectivity index (χ1v) is 5.41. The number of nitro groups is 1. The molecule has 2 rings (SSSR count). The van der Waals surface area contributed by atoms with Crippen molar-refractivity contribution in [1.82, 2.24) is 4.90 Å². The van der Waals surface area contributed by atoms with Crippen LogP contribution < -0.4 is 0 Å². The first kappa shape index (κ1) is 12.2. The lowest BCUT2D eigenvalue weighted by atomic mass is 10.1. The summed E-state index contributed by atoms with van der Waals surface area (Å²) in [7, 11) is 0. The van der Waals surface area contributed by atoms with Crippen molar-refractivity contribution >= 4 is 17.5 Å². The number of benzene rings is 1. The molecule has 1 heterocycles. The molecule has 94 valence electrons. The Kier molecular flexibility index (Phi) is 2.46. The molecule has 2 amide bonds. The maximum atomic E-state index is 12.1. The molecule has 0 atom stereocenters. The monoisotopic (exact) mass is 248 g/mol. The molecular formula is C12H12N2O4. The van der Waals surface area contributed by atoms with E-state index in [4.69, 9.17) is 0 Å². The summed E-state index contributed by atoms with van der Waals surface area (Å²) < 4.78 is 0. The molecule has 0 aliphatic carbocycles. The lowest BCUT2D eigenvalue weighted by Gasteiger charge is -2.29. The number of carbonyl (C=O) groups is 2. The fourth-order valence-corrected chi connectivity index (χ4v) is 1.95. The van der Waals surface area contributed by atoms with Crippen LogP contribution in [0.25, 0.3) is 0 Å². The van der Waals surface area contributed by atoms with E-state index in [9.17, 15) is 19.7 Å². The van der Waals surface area contributed by atoms with Gasteiger partial charge in [-0.2, -0.15) is 0 Å². The number of non-ortho nitro benzene ring substituents is 1. The van der Waals surface area contributed by atoms with Crippen molar-refractivity contribution < 1.29 is 14.5 Å². The molecular weight excluding hydrogens is 236 g/mol. The summed E-state index contributed by atoms with van der Waals surface area (Å²) in [6, 6.07) is 3.72. The van der Waals surface area contributed by atoms with E-state index in [1.807, 2.05) is 0 Å². The molecule has 1 aliphatic rings. The van der Waals surface area contributed by atoms with Gasteiger partial charge in [0, 0.05) is 17.7 Å². The number of fused-ring (bicyclic) bond motifs is 1. The Balaban J connectivity index is 2.56. The quantitative estimate of drug-likeness (QED) is 0.432. The van der Waals surface area contributed by atoms with Crippen molar-refractivity contribution in [3.63, 3.8) is 0 Å². The van der Waals surface area contributed by atoms with Gasteiger partial charge in [-0.05, 0) is 26.8 Å². The zero-order valence-corrected chi connectivity index (χ0v) is 10.3. The van der Waals surface area contributed by atoms with Gasteiger partial charge in [0.2, 0.25) is 0 Å². The highest BCUT2D eigenvalue weighted by Crippen LogP contribution is 2.31. The summed E-state index contributed by atoms with van der Waals surface area (Å²) in [6.07, 6.45) is 0. The van der Waals surface area contributed by atoms with Gasteiger partial charge in [0.05, 0.1) is 16.1 Å². The number of hydrogen-bond donors (Lipinski definition) is 0. The van der Waals surface area contributed by atoms with Crippen LogP contribution in [0.15, 0.2) is 18.2 Å². The van der Waals surface area contributed by atoms with E-state index in [1.54, 1.807) is 20.8 Å². The average molecular weight is 248 g/mol. The van der Waals surface area contributed by atoms with Crippen LogP contribution in [0.1, 0.15) is 41.5 Å². The van der Waals surface area contributed by atoms with E-state index >= 15 is 0 Å². The smallest absolute Gasteiger partial charge is 0.269 e. The van der Waals surface area contributed by atoms with Crippen LogP contribution in [-0.4, -0.2) is 27.2 Å². The molecule has 18 heavy (non-hydrogen) atoms. The van der Waals surface area contributed by atoms with Gasteiger partial charge in [0.1, 0.15) is 0 Å². The summed E-state index contributed by atoms with van der Waals surface area (Å²) in [5.74, 6) is -0.886. The third-order valence-corrected chi connectivity index (χ3v) is 2.75. The highest BCUT2D eigenvalue weighted by molar-refractivity contribution is 6.22. The van der Waals surface area contributed by atoms with Crippen molar-refractivity contribution in [3.05, 3.63) is 39.4 Å². The van der Waals surface area contributed by atoms with E-state index in [0.717, 1.165) is 11.0 Å². The number of imide groups is 1. The number of amides is 2. The number of rotatable bonds is 1. The molecule has 0 spiro atoms. The molecule has 0 unspecified atom stereocenters. The number of carbonyl (C=O) groups excluding carboxylic acids is 2. The minimum atomic E-state index is -0.651. The highest BCUT2D eigenvalue weighted by atomic mass is 16.6. The Bertz CT molecular complexity index is 572. The van der Waals surface area contributed by atoms with E-state index in [-0.39, 0.29) is 16.8 Å². The average Bonchev–Trinajstić information content (AvgIpc) is 2.50. The van der Waals surface area contributed by atoms with Crippen LogP contribution in [0.2, 0.25) is 0 Å². The van der Waals surface area contributed by atoms with Crippen LogP contribution in [-0.2, 0) is 0 Å². The number of nitro benzene ring substituents is 1. The van der Waals surface area contributed by atoms with Crippen LogP contribution in [0, 0.1) is 10.1 Å². The van der Waals surface area contributed by atoms with E-state index in [1.165, 1.54) is 12.1 Å². The highest BCUT2D eigenvalue weighted by Gasteiger charge is 2.42. The molecule has 0 saturated heterocycles. The van der Waals surface area contributed by atoms with Gasteiger partial charge in [0.15, 0.2) is 0 Å². The van der Waals surface area contributed by atoms with Crippen molar-refractivity contribution in [2.24, 2.45) is 0 Å². The van der Waals surface area contributed by atoms with Crippen molar-refractivity contribution in [2.75, 3.05) is 0 Å². The SMILES string of the molecule is CC(C)(C)N1C(=O)c2ccc([N+](=O)[O-])cc2C1=O. The molecule has 0 saturated carbocycles. The van der Waals surface area contributed by atoms with Crippen LogP contribution in [0.5, 0.6) is 0 Å². The molecule has 6 nitrogen and oxygen atoms in total. The van der Waals surface area contributed by atoms with Crippen LogP contribution in [0.3, 0.4) is 0 Å². The topological polar surface area (TPSA) is 80.5 Å². The number of nitrogens with zero attached hydrogens (tertiary/aromatic N) is 2. The first-order chi connectivity index (χ1) is 8.23. The standard InChI is InChI=1S/C12H12N2O4/c1-12(2,3)13-10(15)8-5-4-7(14(17)18)6-9(8)11(13)16/h4-6H,1-3H3. The molecule has 0 N–H and O–H groups in total. The van der Waals surface area contributed by atoms with Crippen LogP contribution in [0.4, 0.5) is 5.69 Å².